The lowest BCUT2D eigenvalue weighted by atomic mass is 10.2. The molecular weight excluding hydrogens is 382 g/mol. The molecule has 0 aliphatic carbocycles. The lowest BCUT2D eigenvalue weighted by Gasteiger charge is -2.17. The zero-order valence-electron chi connectivity index (χ0n) is 17.0. The fourth-order valence-electron chi connectivity index (χ4n) is 2.72. The number of likely N-dealkylation sites (N-methyl/N-ethyl adjacent to an activating group) is 1. The van der Waals surface area contributed by atoms with Crippen molar-refractivity contribution in [2.24, 2.45) is 5.73 Å². The number of para-hydroxylation sites is 1. The minimum atomic E-state index is -0.664. The molecule has 1 atom stereocenters. The highest BCUT2D eigenvalue weighted by Crippen LogP contribution is 2.28. The molecule has 0 aliphatic heterocycles. The van der Waals surface area contributed by atoms with Crippen LogP contribution in [0.1, 0.15) is 23.7 Å². The van der Waals surface area contributed by atoms with Gasteiger partial charge >= 0.3 is 0 Å². The number of hydrogen-bond acceptors (Lipinski definition) is 7. The van der Waals surface area contributed by atoms with Crippen molar-refractivity contribution < 1.29 is 14.3 Å². The van der Waals surface area contributed by atoms with E-state index in [4.69, 9.17) is 15.2 Å². The van der Waals surface area contributed by atoms with Crippen molar-refractivity contribution in [3.05, 3.63) is 66.4 Å². The Morgan fingerprint density at radius 2 is 1.67 bits per heavy atom. The number of nitrogens with two attached hydrogens (primary N) is 1. The fourth-order valence-corrected chi connectivity index (χ4v) is 2.72. The summed E-state index contributed by atoms with van der Waals surface area (Å²) in [7, 11) is 1.88. The number of aromatic nitrogens is 2. The molecule has 30 heavy (non-hydrogen) atoms. The first-order chi connectivity index (χ1) is 14.6. The smallest absolute Gasteiger partial charge is 0.255 e. The molecule has 0 aliphatic rings. The second kappa shape index (κ2) is 10.2. The molecular formula is C22H25N5O3. The van der Waals surface area contributed by atoms with Crippen LogP contribution in [0.25, 0.3) is 0 Å². The van der Waals surface area contributed by atoms with Crippen LogP contribution in [-0.2, 0) is 0 Å². The largest absolute Gasteiger partial charge is 0.457 e. The van der Waals surface area contributed by atoms with E-state index in [1.54, 1.807) is 24.3 Å². The molecule has 0 spiro atoms. The molecule has 8 heteroatoms. The quantitative estimate of drug-likeness (QED) is 0.471. The van der Waals surface area contributed by atoms with Gasteiger partial charge in [0.1, 0.15) is 22.8 Å². The summed E-state index contributed by atoms with van der Waals surface area (Å²) >= 11 is 0. The predicted octanol–water partition coefficient (Wildman–Crippen LogP) is 3.57. The van der Waals surface area contributed by atoms with E-state index in [0.29, 0.717) is 17.4 Å². The van der Waals surface area contributed by atoms with Gasteiger partial charge in [0.15, 0.2) is 0 Å². The zero-order valence-corrected chi connectivity index (χ0v) is 17.0. The Hall–Kier alpha value is -3.65. The second-order valence-electron chi connectivity index (χ2n) is 6.57. The van der Waals surface area contributed by atoms with E-state index in [9.17, 15) is 4.79 Å². The fraction of sp³-hybridized carbons (Fsp3) is 0.227. The van der Waals surface area contributed by atoms with Gasteiger partial charge in [0, 0.05) is 18.8 Å². The number of rotatable bonds is 10. The van der Waals surface area contributed by atoms with Gasteiger partial charge in [-0.15, -0.1) is 0 Å². The van der Waals surface area contributed by atoms with Crippen LogP contribution in [0.5, 0.6) is 23.1 Å². The maximum absolute atomic E-state index is 11.8. The molecule has 156 valence electrons. The first kappa shape index (κ1) is 21.1. The number of hydrogen-bond donors (Lipinski definition) is 3. The van der Waals surface area contributed by atoms with Gasteiger partial charge in [0.25, 0.3) is 5.91 Å². The van der Waals surface area contributed by atoms with Gasteiger partial charge in [0.2, 0.25) is 11.8 Å². The molecule has 1 unspecified atom stereocenters. The lowest BCUT2D eigenvalue weighted by Crippen LogP contribution is -2.31. The van der Waals surface area contributed by atoms with Gasteiger partial charge < -0.3 is 25.8 Å². The summed E-state index contributed by atoms with van der Waals surface area (Å²) in [5.74, 6) is 1.68. The van der Waals surface area contributed by atoms with E-state index >= 15 is 0 Å². The van der Waals surface area contributed by atoms with Crippen molar-refractivity contribution in [2.45, 2.75) is 19.4 Å². The Bertz CT molecular complexity index is 964. The van der Waals surface area contributed by atoms with Gasteiger partial charge in [-0.1, -0.05) is 25.1 Å². The molecule has 0 bridgehead atoms. The number of ether oxygens (including phenoxy) is 2. The van der Waals surface area contributed by atoms with Crippen LogP contribution in [-0.4, -0.2) is 35.5 Å². The van der Waals surface area contributed by atoms with Gasteiger partial charge in [-0.3, -0.25) is 4.79 Å². The molecule has 3 rings (SSSR count). The van der Waals surface area contributed by atoms with Gasteiger partial charge in [-0.2, -0.15) is 4.98 Å². The number of anilines is 1. The number of primary amides is 1. The molecule has 2 aromatic carbocycles. The SMILES string of the molecule is CCC(CNC)Nc1ncc(C(N)=O)c(Oc2ccc(Oc3ccccc3)cc2)n1. The first-order valence-corrected chi connectivity index (χ1v) is 9.67. The molecule has 0 saturated heterocycles. The third-order valence-electron chi connectivity index (χ3n) is 4.31. The Morgan fingerprint density at radius 3 is 2.27 bits per heavy atom. The number of nitrogens with one attached hydrogen (secondary N) is 2. The molecule has 8 nitrogen and oxygen atoms in total. The summed E-state index contributed by atoms with van der Waals surface area (Å²) in [6.45, 7) is 2.81. The zero-order chi connectivity index (χ0) is 21.3. The Kier molecular flexibility index (Phi) is 7.18. The highest BCUT2D eigenvalue weighted by atomic mass is 16.5. The standard InChI is InChI=1S/C22H25N5O3/c1-3-15(13-24-2)26-22-25-14-19(20(23)28)21(27-22)30-18-11-9-17(10-12-18)29-16-7-5-4-6-8-16/h4-12,14-15,24H,3,13H2,1-2H3,(H2,23,28)(H,25,26,27). The van der Waals surface area contributed by atoms with Crippen molar-refractivity contribution in [3.63, 3.8) is 0 Å². The highest BCUT2D eigenvalue weighted by Gasteiger charge is 2.16. The first-order valence-electron chi connectivity index (χ1n) is 9.67. The van der Waals surface area contributed by atoms with Crippen LogP contribution >= 0.6 is 0 Å². The van der Waals surface area contributed by atoms with Crippen LogP contribution in [0.4, 0.5) is 5.95 Å². The van der Waals surface area contributed by atoms with Crippen LogP contribution in [0.3, 0.4) is 0 Å². The van der Waals surface area contributed by atoms with Crippen molar-refractivity contribution in [2.75, 3.05) is 18.9 Å². The Labute approximate surface area is 175 Å². The number of nitrogens with zero attached hydrogens (tertiary/aromatic N) is 2. The summed E-state index contributed by atoms with van der Waals surface area (Å²) < 4.78 is 11.6. The third kappa shape index (κ3) is 5.68. The molecule has 3 aromatic rings. The number of carbonyl (C=O) groups excluding carboxylic acids is 1. The Balaban J connectivity index is 1.76. The van der Waals surface area contributed by atoms with Crippen molar-refractivity contribution in [1.82, 2.24) is 15.3 Å². The molecule has 1 amide bonds. The van der Waals surface area contributed by atoms with E-state index in [-0.39, 0.29) is 17.5 Å². The molecule has 1 aromatic heterocycles. The van der Waals surface area contributed by atoms with Gasteiger partial charge in [0.05, 0.1) is 0 Å². The third-order valence-corrected chi connectivity index (χ3v) is 4.31. The van der Waals surface area contributed by atoms with E-state index in [1.165, 1.54) is 6.20 Å². The summed E-state index contributed by atoms with van der Waals surface area (Å²) in [6.07, 6.45) is 2.24. The second-order valence-corrected chi connectivity index (χ2v) is 6.57. The summed E-state index contributed by atoms with van der Waals surface area (Å²) in [5, 5.41) is 6.33. The highest BCUT2D eigenvalue weighted by molar-refractivity contribution is 5.94. The number of amides is 1. The maximum atomic E-state index is 11.8. The molecule has 0 radical (unpaired) electrons. The monoisotopic (exact) mass is 407 g/mol. The molecule has 4 N–H and O–H groups in total. The van der Waals surface area contributed by atoms with E-state index < -0.39 is 5.91 Å². The van der Waals surface area contributed by atoms with Gasteiger partial charge in [-0.25, -0.2) is 4.98 Å². The average molecular weight is 407 g/mol. The minimum absolute atomic E-state index is 0.0936. The molecule has 1 heterocycles. The van der Waals surface area contributed by atoms with Crippen LogP contribution in [0.2, 0.25) is 0 Å². The van der Waals surface area contributed by atoms with Crippen molar-refractivity contribution >= 4 is 11.9 Å². The normalized spacial score (nSPS) is 11.5. The molecule has 0 saturated carbocycles. The van der Waals surface area contributed by atoms with E-state index in [0.717, 1.165) is 18.7 Å². The molecule has 0 fully saturated rings. The van der Waals surface area contributed by atoms with E-state index in [1.807, 2.05) is 37.4 Å². The Morgan fingerprint density at radius 1 is 1.03 bits per heavy atom. The van der Waals surface area contributed by atoms with Crippen LogP contribution in [0, 0.1) is 0 Å². The van der Waals surface area contributed by atoms with E-state index in [2.05, 4.69) is 27.5 Å². The van der Waals surface area contributed by atoms with Gasteiger partial charge in [-0.05, 0) is 49.9 Å². The van der Waals surface area contributed by atoms with Crippen LogP contribution in [0.15, 0.2) is 60.8 Å². The number of carbonyl (C=O) groups is 1. The summed E-state index contributed by atoms with van der Waals surface area (Å²) in [6, 6.07) is 16.6. The maximum Gasteiger partial charge on any atom is 0.255 e. The summed E-state index contributed by atoms with van der Waals surface area (Å²) in [4.78, 5) is 20.3. The lowest BCUT2D eigenvalue weighted by molar-refractivity contribution is 0.0997. The van der Waals surface area contributed by atoms with Crippen molar-refractivity contribution in [1.29, 1.82) is 0 Å². The number of benzene rings is 2. The average Bonchev–Trinajstić information content (AvgIpc) is 2.75. The predicted molar refractivity (Wildman–Crippen MR) is 115 cm³/mol. The topological polar surface area (TPSA) is 111 Å². The summed E-state index contributed by atoms with van der Waals surface area (Å²) in [5.41, 5.74) is 5.56. The van der Waals surface area contributed by atoms with Crippen molar-refractivity contribution in [3.8, 4) is 23.1 Å². The van der Waals surface area contributed by atoms with Crippen LogP contribution < -0.4 is 25.8 Å². The minimum Gasteiger partial charge on any atom is -0.457 e.